The summed E-state index contributed by atoms with van der Waals surface area (Å²) >= 11 is 2.27. The van der Waals surface area contributed by atoms with Crippen LogP contribution in [0.5, 0.6) is 6.01 Å². The highest BCUT2D eigenvalue weighted by molar-refractivity contribution is 14.1. The molecule has 2 N–H and O–H groups in total. The number of aromatic nitrogens is 2. The number of nitrogens with one attached hydrogen (secondary N) is 1. The van der Waals surface area contributed by atoms with Crippen molar-refractivity contribution in [3.8, 4) is 6.01 Å². The van der Waals surface area contributed by atoms with Crippen LogP contribution in [0.25, 0.3) is 10.9 Å². The van der Waals surface area contributed by atoms with Crippen molar-refractivity contribution in [2.45, 2.75) is 37.8 Å². The molecule has 1 aromatic carbocycles. The average Bonchev–Trinajstić information content (AvgIpc) is 2.49. The zero-order valence-corrected chi connectivity index (χ0v) is 14.0. The van der Waals surface area contributed by atoms with Crippen LogP contribution >= 0.6 is 22.6 Å². The van der Waals surface area contributed by atoms with Crippen LogP contribution in [-0.4, -0.2) is 34.3 Å². The fraction of sp³-hybridized carbons (Fsp3) is 0.467. The molecule has 2 aromatic rings. The van der Waals surface area contributed by atoms with E-state index in [0.717, 1.165) is 46.0 Å². The molecule has 0 saturated heterocycles. The van der Waals surface area contributed by atoms with E-state index >= 15 is 0 Å². The summed E-state index contributed by atoms with van der Waals surface area (Å²) in [6.45, 7) is 0. The Morgan fingerprint density at radius 3 is 2.71 bits per heavy atom. The van der Waals surface area contributed by atoms with E-state index < -0.39 is 0 Å². The van der Waals surface area contributed by atoms with Gasteiger partial charge in [0, 0.05) is 22.1 Å². The number of rotatable bonds is 3. The molecule has 1 heterocycles. The topological polar surface area (TPSA) is 67.3 Å². The minimum Gasteiger partial charge on any atom is -0.479 e. The van der Waals surface area contributed by atoms with E-state index in [1.165, 1.54) is 0 Å². The van der Waals surface area contributed by atoms with Crippen LogP contribution in [0, 0.1) is 3.57 Å². The van der Waals surface area contributed by atoms with Crippen LogP contribution in [0.15, 0.2) is 18.2 Å². The fourth-order valence-corrected chi connectivity index (χ4v) is 3.33. The third-order valence-electron chi connectivity index (χ3n) is 3.99. The number of hydrogen-bond acceptors (Lipinski definition) is 5. The Labute approximate surface area is 137 Å². The highest BCUT2D eigenvalue weighted by Crippen LogP contribution is 2.28. The standard InChI is InChI=1S/C15H18IN3O2/c1-21-11-5-3-10(4-6-11)17-14-12-8-9(16)2-7-13(12)18-15(20)19-14/h2,7-8,10-11H,3-6H2,1H3,(H2,17,18,19,20)/t10-,11+. The van der Waals surface area contributed by atoms with Crippen molar-refractivity contribution in [1.82, 2.24) is 9.97 Å². The van der Waals surface area contributed by atoms with Crippen molar-refractivity contribution in [3.05, 3.63) is 21.8 Å². The lowest BCUT2D eigenvalue weighted by atomic mass is 9.93. The van der Waals surface area contributed by atoms with E-state index in [1.807, 2.05) is 18.2 Å². The minimum absolute atomic E-state index is 0.184. The van der Waals surface area contributed by atoms with Gasteiger partial charge in [-0.3, -0.25) is 0 Å². The smallest absolute Gasteiger partial charge is 0.316 e. The Morgan fingerprint density at radius 2 is 2.00 bits per heavy atom. The van der Waals surface area contributed by atoms with Crippen molar-refractivity contribution in [2.24, 2.45) is 0 Å². The molecular weight excluding hydrogens is 381 g/mol. The normalized spacial score (nSPS) is 22.4. The van der Waals surface area contributed by atoms with Crippen molar-refractivity contribution >= 4 is 39.3 Å². The quantitative estimate of drug-likeness (QED) is 0.776. The lowest BCUT2D eigenvalue weighted by Crippen LogP contribution is -2.29. The Kier molecular flexibility index (Phi) is 4.44. The van der Waals surface area contributed by atoms with Gasteiger partial charge in [-0.2, -0.15) is 9.97 Å². The monoisotopic (exact) mass is 399 g/mol. The molecule has 0 aliphatic heterocycles. The zero-order valence-electron chi connectivity index (χ0n) is 11.8. The van der Waals surface area contributed by atoms with Crippen molar-refractivity contribution in [1.29, 1.82) is 0 Å². The first-order chi connectivity index (χ1) is 10.2. The molecule has 1 aromatic heterocycles. The van der Waals surface area contributed by atoms with E-state index in [4.69, 9.17) is 4.74 Å². The summed E-state index contributed by atoms with van der Waals surface area (Å²) in [6.07, 6.45) is 4.59. The van der Waals surface area contributed by atoms with Crippen molar-refractivity contribution in [3.63, 3.8) is 0 Å². The molecule has 5 nitrogen and oxygen atoms in total. The Balaban J connectivity index is 1.85. The second kappa shape index (κ2) is 6.31. The van der Waals surface area contributed by atoms with Gasteiger partial charge in [0.25, 0.3) is 0 Å². The van der Waals surface area contributed by atoms with Gasteiger partial charge in [-0.15, -0.1) is 0 Å². The second-order valence-electron chi connectivity index (χ2n) is 5.39. The van der Waals surface area contributed by atoms with Crippen molar-refractivity contribution in [2.75, 3.05) is 12.4 Å². The van der Waals surface area contributed by atoms with Crippen LogP contribution in [0.4, 0.5) is 5.82 Å². The maximum atomic E-state index is 9.71. The maximum absolute atomic E-state index is 9.71. The summed E-state index contributed by atoms with van der Waals surface area (Å²) in [5.41, 5.74) is 0.760. The molecule has 0 unspecified atom stereocenters. The van der Waals surface area contributed by atoms with Gasteiger partial charge in [-0.1, -0.05) is 0 Å². The molecule has 21 heavy (non-hydrogen) atoms. The molecule has 0 radical (unpaired) electrons. The molecule has 6 heteroatoms. The van der Waals surface area contributed by atoms with Gasteiger partial charge in [-0.25, -0.2) is 0 Å². The van der Waals surface area contributed by atoms with Gasteiger partial charge in [0.2, 0.25) is 0 Å². The Hall–Kier alpha value is -1.15. The highest BCUT2D eigenvalue weighted by atomic mass is 127. The lowest BCUT2D eigenvalue weighted by molar-refractivity contribution is 0.0681. The summed E-state index contributed by atoms with van der Waals surface area (Å²) < 4.78 is 6.53. The Morgan fingerprint density at radius 1 is 1.24 bits per heavy atom. The van der Waals surface area contributed by atoms with Crippen LogP contribution in [0.3, 0.4) is 0 Å². The molecule has 3 rings (SSSR count). The third kappa shape index (κ3) is 3.37. The summed E-state index contributed by atoms with van der Waals surface area (Å²) in [4.78, 5) is 8.25. The summed E-state index contributed by atoms with van der Waals surface area (Å²) in [6, 6.07) is 6.11. The number of ether oxygens (including phenoxy) is 1. The number of aromatic hydroxyl groups is 1. The average molecular weight is 399 g/mol. The molecule has 1 aliphatic carbocycles. The number of halogens is 1. The first-order valence-electron chi connectivity index (χ1n) is 7.11. The fourth-order valence-electron chi connectivity index (χ4n) is 2.83. The van der Waals surface area contributed by atoms with Crippen LogP contribution in [-0.2, 0) is 4.74 Å². The number of benzene rings is 1. The van der Waals surface area contributed by atoms with Gasteiger partial charge in [0.1, 0.15) is 5.82 Å². The molecule has 0 spiro atoms. The second-order valence-corrected chi connectivity index (χ2v) is 6.63. The SMILES string of the molecule is CO[C@H]1CC[C@@H](Nc2nc(O)nc3ccc(I)cc23)CC1. The van der Waals surface area contributed by atoms with E-state index in [-0.39, 0.29) is 6.01 Å². The third-order valence-corrected chi connectivity index (χ3v) is 4.67. The molecule has 1 saturated carbocycles. The maximum Gasteiger partial charge on any atom is 0.316 e. The zero-order chi connectivity index (χ0) is 14.8. The van der Waals surface area contributed by atoms with Gasteiger partial charge in [-0.05, 0) is 66.5 Å². The molecule has 0 atom stereocenters. The van der Waals surface area contributed by atoms with E-state index in [2.05, 4.69) is 37.9 Å². The van der Waals surface area contributed by atoms with Crippen LogP contribution in [0.1, 0.15) is 25.7 Å². The van der Waals surface area contributed by atoms with Gasteiger partial charge >= 0.3 is 6.01 Å². The number of anilines is 1. The number of fused-ring (bicyclic) bond motifs is 1. The van der Waals surface area contributed by atoms with E-state index in [0.29, 0.717) is 12.1 Å². The molecule has 1 fully saturated rings. The van der Waals surface area contributed by atoms with E-state index in [9.17, 15) is 5.11 Å². The number of nitrogens with zero attached hydrogens (tertiary/aromatic N) is 2. The predicted octanol–water partition coefficient (Wildman–Crippen LogP) is 3.31. The first-order valence-corrected chi connectivity index (χ1v) is 8.19. The molecule has 0 bridgehead atoms. The predicted molar refractivity (Wildman–Crippen MR) is 90.6 cm³/mol. The first kappa shape index (κ1) is 14.8. The summed E-state index contributed by atoms with van der Waals surface area (Å²) in [7, 11) is 1.77. The lowest BCUT2D eigenvalue weighted by Gasteiger charge is -2.28. The summed E-state index contributed by atoms with van der Waals surface area (Å²) in [5, 5.41) is 14.1. The summed E-state index contributed by atoms with van der Waals surface area (Å²) in [5.74, 6) is 0.719. The number of hydrogen-bond donors (Lipinski definition) is 2. The highest BCUT2D eigenvalue weighted by Gasteiger charge is 2.21. The molecule has 1 aliphatic rings. The molecule has 0 amide bonds. The van der Waals surface area contributed by atoms with Gasteiger partial charge in [0.05, 0.1) is 11.6 Å². The van der Waals surface area contributed by atoms with Crippen LogP contribution < -0.4 is 5.32 Å². The van der Waals surface area contributed by atoms with Gasteiger partial charge in [0.15, 0.2) is 0 Å². The largest absolute Gasteiger partial charge is 0.479 e. The minimum atomic E-state index is -0.184. The van der Waals surface area contributed by atoms with Gasteiger partial charge < -0.3 is 15.2 Å². The molecule has 112 valence electrons. The van der Waals surface area contributed by atoms with E-state index in [1.54, 1.807) is 7.11 Å². The van der Waals surface area contributed by atoms with Crippen LogP contribution in [0.2, 0.25) is 0 Å². The number of methoxy groups -OCH3 is 1. The Bertz CT molecular complexity index is 642. The van der Waals surface area contributed by atoms with Crippen molar-refractivity contribution < 1.29 is 9.84 Å². The molecular formula is C15H18IN3O2.